The summed E-state index contributed by atoms with van der Waals surface area (Å²) in [7, 11) is 0. The van der Waals surface area contributed by atoms with E-state index in [9.17, 15) is 0 Å². The minimum Gasteiger partial charge on any atom is -0.369 e. The quantitative estimate of drug-likeness (QED) is 0.828. The van der Waals surface area contributed by atoms with E-state index in [1.165, 1.54) is 0 Å². The van der Waals surface area contributed by atoms with Crippen LogP contribution in [0.25, 0.3) is 5.65 Å². The van der Waals surface area contributed by atoms with Crippen molar-refractivity contribution in [1.29, 1.82) is 0 Å². The Balaban J connectivity index is 2.39. The second-order valence-corrected chi connectivity index (χ2v) is 5.38. The third-order valence-corrected chi connectivity index (χ3v) is 3.82. The molecule has 0 amide bonds. The summed E-state index contributed by atoms with van der Waals surface area (Å²) in [5.41, 5.74) is 0.942. The second-order valence-electron chi connectivity index (χ2n) is 3.96. The summed E-state index contributed by atoms with van der Waals surface area (Å²) in [6.45, 7) is 7.35. The molecule has 0 aliphatic rings. The number of anilines is 1. The first-order valence-corrected chi connectivity index (χ1v) is 6.86. The van der Waals surface area contributed by atoms with E-state index in [0.29, 0.717) is 5.25 Å². The first-order chi connectivity index (χ1) is 8.24. The lowest BCUT2D eigenvalue weighted by Crippen LogP contribution is -2.04. The fourth-order valence-electron chi connectivity index (χ4n) is 1.52. The Morgan fingerprint density at radius 3 is 3.00 bits per heavy atom. The van der Waals surface area contributed by atoms with Gasteiger partial charge in [-0.3, -0.25) is 0 Å². The lowest BCUT2D eigenvalue weighted by atomic mass is 10.4. The van der Waals surface area contributed by atoms with Crippen LogP contribution >= 0.6 is 11.8 Å². The molecule has 2 aromatic heterocycles. The summed E-state index contributed by atoms with van der Waals surface area (Å²) in [5, 5.41) is 4.81. The van der Waals surface area contributed by atoms with E-state index < -0.39 is 0 Å². The van der Waals surface area contributed by atoms with Gasteiger partial charge in [0.1, 0.15) is 10.8 Å². The number of hydrogen-bond acceptors (Lipinski definition) is 4. The molecule has 0 radical (unpaired) electrons. The van der Waals surface area contributed by atoms with Crippen LogP contribution in [0.4, 0.5) is 5.82 Å². The zero-order valence-electron chi connectivity index (χ0n) is 10.5. The largest absolute Gasteiger partial charge is 0.369 e. The van der Waals surface area contributed by atoms with Gasteiger partial charge in [-0.1, -0.05) is 25.6 Å². The highest BCUT2D eigenvalue weighted by Gasteiger charge is 2.10. The van der Waals surface area contributed by atoms with Crippen molar-refractivity contribution in [2.75, 3.05) is 11.9 Å². The SMILES string of the molecule is CCNc1cn2ccnc2c(SC(C)CC)n1. The Morgan fingerprint density at radius 2 is 2.29 bits per heavy atom. The van der Waals surface area contributed by atoms with Crippen LogP contribution in [-0.4, -0.2) is 26.2 Å². The molecule has 92 valence electrons. The van der Waals surface area contributed by atoms with Gasteiger partial charge in [-0.2, -0.15) is 0 Å². The number of aromatic nitrogens is 3. The van der Waals surface area contributed by atoms with Gasteiger partial charge in [0.15, 0.2) is 5.65 Å². The molecule has 5 heteroatoms. The summed E-state index contributed by atoms with van der Waals surface area (Å²) in [6, 6.07) is 0. The lowest BCUT2D eigenvalue weighted by molar-refractivity contribution is 0.899. The molecule has 0 aliphatic heterocycles. The molecule has 17 heavy (non-hydrogen) atoms. The maximum Gasteiger partial charge on any atom is 0.169 e. The van der Waals surface area contributed by atoms with Crippen LogP contribution in [0.15, 0.2) is 23.6 Å². The zero-order chi connectivity index (χ0) is 12.3. The van der Waals surface area contributed by atoms with Gasteiger partial charge in [0.2, 0.25) is 0 Å². The molecule has 0 saturated carbocycles. The highest BCUT2D eigenvalue weighted by Crippen LogP contribution is 2.27. The van der Waals surface area contributed by atoms with Crippen LogP contribution in [0.5, 0.6) is 0 Å². The van der Waals surface area contributed by atoms with Gasteiger partial charge in [-0.25, -0.2) is 9.97 Å². The first kappa shape index (κ1) is 12.2. The third kappa shape index (κ3) is 2.72. The van der Waals surface area contributed by atoms with Crippen LogP contribution in [0.3, 0.4) is 0 Å². The van der Waals surface area contributed by atoms with Gasteiger partial charge >= 0.3 is 0 Å². The Labute approximate surface area is 106 Å². The minimum atomic E-state index is 0.555. The number of rotatable bonds is 5. The van der Waals surface area contributed by atoms with Crippen molar-refractivity contribution in [3.05, 3.63) is 18.6 Å². The van der Waals surface area contributed by atoms with Crippen molar-refractivity contribution in [1.82, 2.24) is 14.4 Å². The van der Waals surface area contributed by atoms with Gasteiger partial charge in [0.05, 0.1) is 6.20 Å². The second kappa shape index (κ2) is 5.40. The number of nitrogens with one attached hydrogen (secondary N) is 1. The van der Waals surface area contributed by atoms with Crippen molar-refractivity contribution < 1.29 is 0 Å². The molecule has 0 saturated heterocycles. The van der Waals surface area contributed by atoms with Crippen molar-refractivity contribution in [3.63, 3.8) is 0 Å². The van der Waals surface area contributed by atoms with E-state index in [0.717, 1.165) is 29.5 Å². The first-order valence-electron chi connectivity index (χ1n) is 5.98. The molecule has 4 nitrogen and oxygen atoms in total. The molecule has 2 heterocycles. The predicted octanol–water partition coefficient (Wildman–Crippen LogP) is 3.05. The maximum absolute atomic E-state index is 4.62. The smallest absolute Gasteiger partial charge is 0.169 e. The Morgan fingerprint density at radius 1 is 1.47 bits per heavy atom. The lowest BCUT2D eigenvalue weighted by Gasteiger charge is -2.10. The van der Waals surface area contributed by atoms with Crippen LogP contribution in [0.2, 0.25) is 0 Å². The van der Waals surface area contributed by atoms with Gasteiger partial charge in [-0.05, 0) is 13.3 Å². The maximum atomic E-state index is 4.62. The molecule has 1 N–H and O–H groups in total. The average molecular weight is 250 g/mol. The molecular formula is C12H18N4S. The van der Waals surface area contributed by atoms with Crippen molar-refractivity contribution in [3.8, 4) is 0 Å². The van der Waals surface area contributed by atoms with E-state index in [1.807, 2.05) is 23.0 Å². The number of nitrogens with zero attached hydrogens (tertiary/aromatic N) is 3. The fraction of sp³-hybridized carbons (Fsp3) is 0.500. The van der Waals surface area contributed by atoms with Crippen molar-refractivity contribution in [2.24, 2.45) is 0 Å². The molecule has 1 atom stereocenters. The molecule has 1 unspecified atom stereocenters. The molecule has 0 aromatic carbocycles. The van der Waals surface area contributed by atoms with Crippen LogP contribution in [-0.2, 0) is 0 Å². The van der Waals surface area contributed by atoms with Gasteiger partial charge in [0.25, 0.3) is 0 Å². The van der Waals surface area contributed by atoms with Crippen molar-refractivity contribution >= 4 is 23.2 Å². The third-order valence-electron chi connectivity index (χ3n) is 2.59. The standard InChI is InChI=1S/C12H18N4S/c1-4-9(3)17-12-11-14-6-7-16(11)8-10(15-12)13-5-2/h6-9,13H,4-5H2,1-3H3. The minimum absolute atomic E-state index is 0.555. The molecule has 0 aliphatic carbocycles. The van der Waals surface area contributed by atoms with Gasteiger partial charge in [-0.15, -0.1) is 0 Å². The molecule has 0 spiro atoms. The normalized spacial score (nSPS) is 12.9. The van der Waals surface area contributed by atoms with E-state index in [-0.39, 0.29) is 0 Å². The number of fused-ring (bicyclic) bond motifs is 1. The highest BCUT2D eigenvalue weighted by atomic mass is 32.2. The zero-order valence-corrected chi connectivity index (χ0v) is 11.3. The molecule has 2 rings (SSSR count). The highest BCUT2D eigenvalue weighted by molar-refractivity contribution is 8.00. The van der Waals surface area contributed by atoms with Gasteiger partial charge in [0, 0.05) is 24.2 Å². The summed E-state index contributed by atoms with van der Waals surface area (Å²) in [4.78, 5) is 8.98. The van der Waals surface area contributed by atoms with Crippen LogP contribution in [0.1, 0.15) is 27.2 Å². The van der Waals surface area contributed by atoms with E-state index in [2.05, 4.69) is 36.1 Å². The summed E-state index contributed by atoms with van der Waals surface area (Å²) in [6.07, 6.45) is 6.88. The van der Waals surface area contributed by atoms with Gasteiger partial charge < -0.3 is 9.72 Å². The summed E-state index contributed by atoms with van der Waals surface area (Å²) < 4.78 is 2.02. The van der Waals surface area contributed by atoms with Crippen LogP contribution in [0, 0.1) is 0 Å². The van der Waals surface area contributed by atoms with Crippen LogP contribution < -0.4 is 5.32 Å². The molecule has 0 bridgehead atoms. The Bertz CT molecular complexity index is 494. The van der Waals surface area contributed by atoms with E-state index >= 15 is 0 Å². The van der Waals surface area contributed by atoms with E-state index in [1.54, 1.807) is 11.8 Å². The number of hydrogen-bond donors (Lipinski definition) is 1. The number of imidazole rings is 1. The monoisotopic (exact) mass is 250 g/mol. The predicted molar refractivity (Wildman–Crippen MR) is 72.8 cm³/mol. The number of thioether (sulfide) groups is 1. The Kier molecular flexibility index (Phi) is 3.89. The topological polar surface area (TPSA) is 42.2 Å². The molecular weight excluding hydrogens is 232 g/mol. The summed E-state index contributed by atoms with van der Waals surface area (Å²) in [5.74, 6) is 0.906. The molecule has 0 fully saturated rings. The van der Waals surface area contributed by atoms with Crippen molar-refractivity contribution in [2.45, 2.75) is 37.5 Å². The summed E-state index contributed by atoms with van der Waals surface area (Å²) >= 11 is 1.78. The Hall–Kier alpha value is -1.23. The van der Waals surface area contributed by atoms with E-state index in [4.69, 9.17) is 0 Å². The fourth-order valence-corrected chi connectivity index (χ4v) is 2.48. The molecule has 2 aromatic rings. The average Bonchev–Trinajstić information content (AvgIpc) is 2.77.